The van der Waals surface area contributed by atoms with Crippen LogP contribution in [-0.4, -0.2) is 18.4 Å². The molecule has 1 heteroatoms. The average molecular weight is 397 g/mol. The van der Waals surface area contributed by atoms with Crippen LogP contribution in [0.15, 0.2) is 34.5 Å². The van der Waals surface area contributed by atoms with E-state index in [0.717, 1.165) is 6.42 Å². The first-order valence-electron chi connectivity index (χ1n) is 9.03. The van der Waals surface area contributed by atoms with Gasteiger partial charge in [-0.15, -0.1) is 0 Å². The minimum absolute atomic E-state index is 1.01. The Hall–Kier alpha value is 0.0187. The van der Waals surface area contributed by atoms with Crippen LogP contribution in [0.25, 0.3) is 0 Å². The molecule has 0 rings (SSSR count). The first-order chi connectivity index (χ1) is 10.0. The standard InChI is InChI=1S/C8H11.3C4H9.Sn/c1-5-6-8(4)7(2)3;3*1-3-4-2;/h4-5H,1-2,6H2,3H3;3*1,3-4H2,2H3;. The molecule has 0 aromatic rings. The van der Waals surface area contributed by atoms with E-state index in [1.54, 1.807) is 13.3 Å². The third-order valence-electron chi connectivity index (χ3n) is 4.48. The summed E-state index contributed by atoms with van der Waals surface area (Å²) in [6, 6.07) is 0. The Morgan fingerprint density at radius 1 is 0.905 bits per heavy atom. The molecule has 0 aliphatic heterocycles. The van der Waals surface area contributed by atoms with Crippen molar-refractivity contribution >= 4 is 18.4 Å². The van der Waals surface area contributed by atoms with Crippen LogP contribution in [-0.2, 0) is 0 Å². The fraction of sp³-hybridized carbons (Fsp3) is 0.700. The summed E-state index contributed by atoms with van der Waals surface area (Å²) in [6.07, 6.45) is 11.4. The Bertz CT molecular complexity index is 303. The second-order valence-electron chi connectivity index (χ2n) is 6.62. The molecular formula is C20H38Sn. The molecule has 0 saturated carbocycles. The summed E-state index contributed by atoms with van der Waals surface area (Å²) in [7, 11) is 0. The number of allylic oxidation sites excluding steroid dienone is 3. The molecule has 0 spiro atoms. The molecule has 0 aliphatic rings. The quantitative estimate of drug-likeness (QED) is 0.172. The summed E-state index contributed by atoms with van der Waals surface area (Å²) in [5, 5.41) is 0. The van der Waals surface area contributed by atoms with E-state index in [-0.39, 0.29) is 0 Å². The third kappa shape index (κ3) is 8.90. The normalized spacial score (nSPS) is 12.5. The van der Waals surface area contributed by atoms with E-state index in [2.05, 4.69) is 51.0 Å². The van der Waals surface area contributed by atoms with Gasteiger partial charge in [-0.3, -0.25) is 0 Å². The van der Waals surface area contributed by atoms with E-state index in [1.165, 1.54) is 49.7 Å². The molecule has 21 heavy (non-hydrogen) atoms. The van der Waals surface area contributed by atoms with E-state index in [0.29, 0.717) is 0 Å². The summed E-state index contributed by atoms with van der Waals surface area (Å²) < 4.78 is 7.41. The molecule has 0 amide bonds. The van der Waals surface area contributed by atoms with Gasteiger partial charge in [0, 0.05) is 0 Å². The van der Waals surface area contributed by atoms with E-state index in [4.69, 9.17) is 0 Å². The monoisotopic (exact) mass is 398 g/mol. The molecule has 0 heterocycles. The molecule has 0 aliphatic carbocycles. The van der Waals surface area contributed by atoms with Gasteiger partial charge in [0.05, 0.1) is 0 Å². The van der Waals surface area contributed by atoms with Gasteiger partial charge in [-0.25, -0.2) is 0 Å². The molecule has 0 aromatic heterocycles. The molecule has 0 saturated heterocycles. The Labute approximate surface area is 138 Å². The number of rotatable bonds is 13. The van der Waals surface area contributed by atoms with Crippen molar-refractivity contribution in [2.45, 2.75) is 86.0 Å². The minimum atomic E-state index is -2.15. The predicted octanol–water partition coefficient (Wildman–Crippen LogP) is 7.45. The van der Waals surface area contributed by atoms with Gasteiger partial charge in [-0.2, -0.15) is 0 Å². The Morgan fingerprint density at radius 2 is 1.33 bits per heavy atom. The van der Waals surface area contributed by atoms with Gasteiger partial charge in [-0.05, 0) is 0 Å². The summed E-state index contributed by atoms with van der Waals surface area (Å²) >= 11 is -2.15. The van der Waals surface area contributed by atoms with E-state index >= 15 is 0 Å². The summed E-state index contributed by atoms with van der Waals surface area (Å²) in [5.41, 5.74) is 2.77. The van der Waals surface area contributed by atoms with Crippen molar-refractivity contribution in [1.82, 2.24) is 0 Å². The van der Waals surface area contributed by atoms with Crippen LogP contribution >= 0.6 is 0 Å². The van der Waals surface area contributed by atoms with Crippen LogP contribution in [0.1, 0.15) is 72.6 Å². The molecule has 0 N–H and O–H groups in total. The zero-order chi connectivity index (χ0) is 16.1. The maximum atomic E-state index is 4.22. The molecule has 0 fully saturated rings. The van der Waals surface area contributed by atoms with E-state index in [9.17, 15) is 0 Å². The molecule has 0 bridgehead atoms. The average Bonchev–Trinajstić information content (AvgIpc) is 2.48. The van der Waals surface area contributed by atoms with Crippen LogP contribution in [0, 0.1) is 0 Å². The second-order valence-corrected chi connectivity index (χ2v) is 19.5. The van der Waals surface area contributed by atoms with Crippen molar-refractivity contribution in [2.24, 2.45) is 0 Å². The van der Waals surface area contributed by atoms with Crippen LogP contribution < -0.4 is 0 Å². The molecule has 0 atom stereocenters. The molecule has 0 unspecified atom stereocenters. The van der Waals surface area contributed by atoms with Crippen molar-refractivity contribution in [3.63, 3.8) is 0 Å². The van der Waals surface area contributed by atoms with E-state index < -0.39 is 18.4 Å². The van der Waals surface area contributed by atoms with Crippen LogP contribution in [0.5, 0.6) is 0 Å². The van der Waals surface area contributed by atoms with Crippen molar-refractivity contribution in [1.29, 1.82) is 0 Å². The molecule has 0 nitrogen and oxygen atoms in total. The van der Waals surface area contributed by atoms with Gasteiger partial charge in [0.15, 0.2) is 0 Å². The first-order valence-corrected chi connectivity index (χ1v) is 16.7. The maximum absolute atomic E-state index is 4.22. The Balaban J connectivity index is 5.38. The van der Waals surface area contributed by atoms with Crippen LogP contribution in [0.3, 0.4) is 0 Å². The predicted molar refractivity (Wildman–Crippen MR) is 103 cm³/mol. The van der Waals surface area contributed by atoms with Crippen molar-refractivity contribution in [3.8, 4) is 0 Å². The third-order valence-corrected chi connectivity index (χ3v) is 18.8. The number of hydrogen-bond acceptors (Lipinski definition) is 0. The SMILES string of the molecule is C=CC/C(=[CH]/[Sn]([CH2]CCC)([CH2]CCC)[CH2]CCC)C(=C)C. The van der Waals surface area contributed by atoms with Gasteiger partial charge in [0.1, 0.15) is 0 Å². The topological polar surface area (TPSA) is 0 Å². The van der Waals surface area contributed by atoms with Crippen LogP contribution in [0.4, 0.5) is 0 Å². The molecule has 0 radical (unpaired) electrons. The van der Waals surface area contributed by atoms with Crippen LogP contribution in [0.2, 0.25) is 13.3 Å². The fourth-order valence-electron chi connectivity index (χ4n) is 3.06. The summed E-state index contributed by atoms with van der Waals surface area (Å²) in [4.78, 5) is 0. The van der Waals surface area contributed by atoms with Crippen molar-refractivity contribution < 1.29 is 0 Å². The van der Waals surface area contributed by atoms with Gasteiger partial charge in [-0.1, -0.05) is 0 Å². The van der Waals surface area contributed by atoms with Crippen molar-refractivity contribution in [3.05, 3.63) is 34.5 Å². The summed E-state index contributed by atoms with van der Waals surface area (Å²) in [6.45, 7) is 17.3. The first kappa shape index (κ1) is 21.0. The Kier molecular flexibility index (Phi) is 12.6. The van der Waals surface area contributed by atoms with Gasteiger partial charge < -0.3 is 0 Å². The zero-order valence-electron chi connectivity index (χ0n) is 15.1. The molecular weight excluding hydrogens is 359 g/mol. The second kappa shape index (κ2) is 12.6. The van der Waals surface area contributed by atoms with E-state index in [1.807, 2.05) is 0 Å². The number of unbranched alkanes of at least 4 members (excludes halogenated alkanes) is 3. The van der Waals surface area contributed by atoms with Crippen molar-refractivity contribution in [2.75, 3.05) is 0 Å². The fourth-order valence-corrected chi connectivity index (χ4v) is 18.6. The van der Waals surface area contributed by atoms with Gasteiger partial charge in [0.2, 0.25) is 0 Å². The number of hydrogen-bond donors (Lipinski definition) is 0. The molecule has 122 valence electrons. The molecule has 0 aromatic carbocycles. The zero-order valence-corrected chi connectivity index (χ0v) is 18.0. The van der Waals surface area contributed by atoms with Gasteiger partial charge in [0.25, 0.3) is 0 Å². The Morgan fingerprint density at radius 3 is 1.62 bits per heavy atom. The van der Waals surface area contributed by atoms with Gasteiger partial charge >= 0.3 is 139 Å². The summed E-state index contributed by atoms with van der Waals surface area (Å²) in [5.74, 6) is 0.